The van der Waals surface area contributed by atoms with Crippen molar-refractivity contribution in [3.05, 3.63) is 53.4 Å². The van der Waals surface area contributed by atoms with Crippen molar-refractivity contribution in [2.24, 2.45) is 0 Å². The lowest BCUT2D eigenvalue weighted by Crippen LogP contribution is -2.09. The fourth-order valence-electron chi connectivity index (χ4n) is 2.27. The Labute approximate surface area is 146 Å². The molecular formula is C19H20FNO4. The third-order valence-corrected chi connectivity index (χ3v) is 3.50. The fraction of sp³-hybridized carbons (Fsp3) is 0.211. The lowest BCUT2D eigenvalue weighted by Gasteiger charge is -2.12. The second-order valence-electron chi connectivity index (χ2n) is 5.26. The molecule has 0 aliphatic carbocycles. The van der Waals surface area contributed by atoms with Gasteiger partial charge in [-0.3, -0.25) is 4.79 Å². The highest BCUT2D eigenvalue weighted by Crippen LogP contribution is 2.38. The van der Waals surface area contributed by atoms with Crippen molar-refractivity contribution in [3.63, 3.8) is 0 Å². The first kappa shape index (κ1) is 18.3. The SMILES string of the molecule is COc1cc(/C=C/C(=O)Nc2ccc(C)cc2F)cc(OC)c1OC. The number of amides is 1. The van der Waals surface area contributed by atoms with Gasteiger partial charge in [-0.05, 0) is 48.4 Å². The van der Waals surface area contributed by atoms with Gasteiger partial charge in [-0.2, -0.15) is 0 Å². The summed E-state index contributed by atoms with van der Waals surface area (Å²) in [6.45, 7) is 1.78. The van der Waals surface area contributed by atoms with E-state index in [1.165, 1.54) is 39.5 Å². The molecule has 5 nitrogen and oxygen atoms in total. The predicted octanol–water partition coefficient (Wildman–Crippen LogP) is 3.81. The molecule has 0 heterocycles. The number of nitrogens with one attached hydrogen (secondary N) is 1. The summed E-state index contributed by atoms with van der Waals surface area (Å²) in [5, 5.41) is 2.50. The number of anilines is 1. The topological polar surface area (TPSA) is 56.8 Å². The molecule has 0 spiro atoms. The van der Waals surface area contributed by atoms with E-state index in [2.05, 4.69) is 5.32 Å². The van der Waals surface area contributed by atoms with Gasteiger partial charge in [-0.25, -0.2) is 4.39 Å². The van der Waals surface area contributed by atoms with Gasteiger partial charge in [0.25, 0.3) is 0 Å². The quantitative estimate of drug-likeness (QED) is 0.809. The zero-order chi connectivity index (χ0) is 18.4. The van der Waals surface area contributed by atoms with Gasteiger partial charge in [-0.1, -0.05) is 6.07 Å². The van der Waals surface area contributed by atoms with Gasteiger partial charge in [0.15, 0.2) is 11.5 Å². The van der Waals surface area contributed by atoms with Gasteiger partial charge >= 0.3 is 0 Å². The highest BCUT2D eigenvalue weighted by atomic mass is 19.1. The van der Waals surface area contributed by atoms with Gasteiger partial charge in [0.05, 0.1) is 27.0 Å². The third-order valence-electron chi connectivity index (χ3n) is 3.50. The number of aryl methyl sites for hydroxylation is 1. The summed E-state index contributed by atoms with van der Waals surface area (Å²) in [5.74, 6) is 0.498. The van der Waals surface area contributed by atoms with Crippen LogP contribution in [0.1, 0.15) is 11.1 Å². The summed E-state index contributed by atoms with van der Waals surface area (Å²) in [6, 6.07) is 8.02. The maximum Gasteiger partial charge on any atom is 0.248 e. The second kappa shape index (κ2) is 8.19. The Hall–Kier alpha value is -3.02. The monoisotopic (exact) mass is 345 g/mol. The largest absolute Gasteiger partial charge is 0.493 e. The maximum atomic E-state index is 13.8. The molecule has 0 unspecified atom stereocenters. The molecule has 6 heteroatoms. The number of carbonyl (C=O) groups excluding carboxylic acids is 1. The zero-order valence-corrected chi connectivity index (χ0v) is 14.6. The Kier molecular flexibility index (Phi) is 6.00. The first-order valence-corrected chi connectivity index (χ1v) is 7.53. The predicted molar refractivity (Wildman–Crippen MR) is 94.9 cm³/mol. The van der Waals surface area contributed by atoms with Crippen molar-refractivity contribution in [1.82, 2.24) is 0 Å². The molecule has 2 aromatic carbocycles. The number of halogens is 1. The van der Waals surface area contributed by atoms with Crippen molar-refractivity contribution in [2.45, 2.75) is 6.92 Å². The highest BCUT2D eigenvalue weighted by molar-refractivity contribution is 6.02. The second-order valence-corrected chi connectivity index (χ2v) is 5.26. The summed E-state index contributed by atoms with van der Waals surface area (Å²) < 4.78 is 29.5. The molecule has 0 atom stereocenters. The fourth-order valence-corrected chi connectivity index (χ4v) is 2.27. The minimum atomic E-state index is -0.477. The maximum absolute atomic E-state index is 13.8. The van der Waals surface area contributed by atoms with Crippen LogP contribution in [0.25, 0.3) is 6.08 Å². The van der Waals surface area contributed by atoms with E-state index in [-0.39, 0.29) is 5.69 Å². The van der Waals surface area contributed by atoms with Gasteiger partial charge in [0.1, 0.15) is 5.82 Å². The third kappa shape index (κ3) is 4.50. The molecule has 0 saturated carbocycles. The van der Waals surface area contributed by atoms with Crippen LogP contribution in [0.5, 0.6) is 17.2 Å². The summed E-state index contributed by atoms with van der Waals surface area (Å²) in [6.07, 6.45) is 2.88. The number of carbonyl (C=O) groups is 1. The number of hydrogen-bond donors (Lipinski definition) is 1. The summed E-state index contributed by atoms with van der Waals surface area (Å²) >= 11 is 0. The molecule has 0 saturated heterocycles. The molecule has 132 valence electrons. The van der Waals surface area contributed by atoms with Crippen LogP contribution >= 0.6 is 0 Å². The first-order chi connectivity index (χ1) is 12.0. The smallest absolute Gasteiger partial charge is 0.248 e. The number of rotatable bonds is 6. The van der Waals surface area contributed by atoms with Gasteiger partial charge in [0, 0.05) is 6.08 Å². The molecule has 0 bridgehead atoms. The number of methoxy groups -OCH3 is 3. The lowest BCUT2D eigenvalue weighted by molar-refractivity contribution is -0.111. The van der Waals surface area contributed by atoms with Crippen LogP contribution < -0.4 is 19.5 Å². The van der Waals surface area contributed by atoms with Crippen LogP contribution in [0, 0.1) is 12.7 Å². The van der Waals surface area contributed by atoms with Crippen molar-refractivity contribution >= 4 is 17.7 Å². The highest BCUT2D eigenvalue weighted by Gasteiger charge is 2.12. The van der Waals surface area contributed by atoms with E-state index in [0.717, 1.165) is 5.56 Å². The minimum Gasteiger partial charge on any atom is -0.493 e. The minimum absolute atomic E-state index is 0.130. The summed E-state index contributed by atoms with van der Waals surface area (Å²) in [4.78, 5) is 12.0. The van der Waals surface area contributed by atoms with E-state index in [9.17, 15) is 9.18 Å². The zero-order valence-electron chi connectivity index (χ0n) is 14.6. The Balaban J connectivity index is 2.19. The molecule has 0 aliphatic rings. The van der Waals surface area contributed by atoms with Crippen molar-refractivity contribution < 1.29 is 23.4 Å². The van der Waals surface area contributed by atoms with Gasteiger partial charge < -0.3 is 19.5 Å². The van der Waals surface area contributed by atoms with Crippen LogP contribution in [-0.4, -0.2) is 27.2 Å². The standard InChI is InChI=1S/C19H20FNO4/c1-12-5-7-15(14(20)9-12)21-18(22)8-6-13-10-16(23-2)19(25-4)17(11-13)24-3/h5-11H,1-4H3,(H,21,22)/b8-6+. The van der Waals surface area contributed by atoms with Crippen LogP contribution in [0.3, 0.4) is 0 Å². The normalized spacial score (nSPS) is 10.6. The van der Waals surface area contributed by atoms with Crippen molar-refractivity contribution in [1.29, 1.82) is 0 Å². The van der Waals surface area contributed by atoms with Crippen molar-refractivity contribution in [2.75, 3.05) is 26.6 Å². The first-order valence-electron chi connectivity index (χ1n) is 7.53. The average Bonchev–Trinajstić information content (AvgIpc) is 2.61. The molecule has 25 heavy (non-hydrogen) atoms. The van der Waals surface area contributed by atoms with Crippen molar-refractivity contribution in [3.8, 4) is 17.2 Å². The van der Waals surface area contributed by atoms with E-state index >= 15 is 0 Å². The lowest BCUT2D eigenvalue weighted by atomic mass is 10.1. The summed E-state index contributed by atoms with van der Waals surface area (Å²) in [7, 11) is 4.54. The van der Waals surface area contributed by atoms with Crippen LogP contribution in [-0.2, 0) is 4.79 Å². The van der Waals surface area contributed by atoms with E-state index in [1.54, 1.807) is 31.2 Å². The average molecular weight is 345 g/mol. The Morgan fingerprint density at radius 3 is 2.20 bits per heavy atom. The number of ether oxygens (including phenoxy) is 3. The number of hydrogen-bond acceptors (Lipinski definition) is 4. The molecule has 0 aromatic heterocycles. The molecule has 1 N–H and O–H groups in total. The molecule has 0 fully saturated rings. The van der Waals surface area contributed by atoms with Gasteiger partial charge in [-0.15, -0.1) is 0 Å². The Bertz CT molecular complexity index is 777. The van der Waals surface area contributed by atoms with E-state index in [4.69, 9.17) is 14.2 Å². The van der Waals surface area contributed by atoms with Crippen LogP contribution in [0.15, 0.2) is 36.4 Å². The molecule has 2 rings (SSSR count). The van der Waals surface area contributed by atoms with E-state index in [0.29, 0.717) is 22.8 Å². The molecule has 2 aromatic rings. The molecular weight excluding hydrogens is 325 g/mol. The molecule has 1 amide bonds. The van der Waals surface area contributed by atoms with Crippen LogP contribution in [0.4, 0.5) is 10.1 Å². The van der Waals surface area contributed by atoms with Crippen LogP contribution in [0.2, 0.25) is 0 Å². The Morgan fingerprint density at radius 2 is 1.68 bits per heavy atom. The molecule has 0 radical (unpaired) electrons. The van der Waals surface area contributed by atoms with Gasteiger partial charge in [0.2, 0.25) is 11.7 Å². The molecule has 0 aliphatic heterocycles. The van der Waals surface area contributed by atoms with E-state index < -0.39 is 11.7 Å². The summed E-state index contributed by atoms with van der Waals surface area (Å²) in [5.41, 5.74) is 1.59. The van der Waals surface area contributed by atoms with E-state index in [1.807, 2.05) is 0 Å². The number of benzene rings is 2. The Morgan fingerprint density at radius 1 is 1.04 bits per heavy atom.